The van der Waals surface area contributed by atoms with Crippen LogP contribution in [0.2, 0.25) is 0 Å². The molecule has 1 aromatic carbocycles. The normalized spacial score (nSPS) is 10.6. The van der Waals surface area contributed by atoms with Crippen molar-refractivity contribution in [1.82, 2.24) is 5.32 Å². The van der Waals surface area contributed by atoms with Crippen molar-refractivity contribution in [3.63, 3.8) is 0 Å². The van der Waals surface area contributed by atoms with Gasteiger partial charge in [-0.2, -0.15) is 0 Å². The fourth-order valence-corrected chi connectivity index (χ4v) is 1.38. The molecule has 0 radical (unpaired) electrons. The Morgan fingerprint density at radius 3 is 2.94 bits per heavy atom. The van der Waals surface area contributed by atoms with Crippen molar-refractivity contribution in [2.24, 2.45) is 0 Å². The monoisotopic (exact) mass is 250 g/mol. The second-order valence-corrected chi connectivity index (χ2v) is 3.70. The van der Waals surface area contributed by atoms with E-state index in [0.717, 1.165) is 5.56 Å². The molecular formula is C13H18N2O3. The summed E-state index contributed by atoms with van der Waals surface area (Å²) in [5, 5.41) is 11.2. The number of carbonyl (C=O) groups is 1. The fraction of sp³-hybridized carbons (Fsp3) is 0.308. The van der Waals surface area contributed by atoms with Gasteiger partial charge in [-0.25, -0.2) is 0 Å². The Kier molecular flexibility index (Phi) is 5.73. The van der Waals surface area contributed by atoms with Gasteiger partial charge in [0.1, 0.15) is 5.75 Å². The van der Waals surface area contributed by atoms with Crippen LogP contribution in [0.5, 0.6) is 5.75 Å². The van der Waals surface area contributed by atoms with Crippen molar-refractivity contribution < 1.29 is 14.6 Å². The van der Waals surface area contributed by atoms with Crippen LogP contribution in [0.3, 0.4) is 0 Å². The first-order chi connectivity index (χ1) is 8.67. The number of rotatable bonds is 6. The summed E-state index contributed by atoms with van der Waals surface area (Å²) < 4.78 is 5.04. The van der Waals surface area contributed by atoms with Gasteiger partial charge in [-0.05, 0) is 30.2 Å². The van der Waals surface area contributed by atoms with Crippen molar-refractivity contribution in [2.45, 2.75) is 6.42 Å². The number of hydrogen-bond acceptors (Lipinski definition) is 4. The predicted molar refractivity (Wildman–Crippen MR) is 71.2 cm³/mol. The smallest absolute Gasteiger partial charge is 0.244 e. The lowest BCUT2D eigenvalue weighted by Crippen LogP contribution is -2.22. The zero-order valence-electron chi connectivity index (χ0n) is 10.3. The van der Waals surface area contributed by atoms with E-state index in [-0.39, 0.29) is 12.5 Å². The molecule has 1 amide bonds. The van der Waals surface area contributed by atoms with E-state index < -0.39 is 0 Å². The van der Waals surface area contributed by atoms with Crippen molar-refractivity contribution in [3.05, 3.63) is 29.8 Å². The van der Waals surface area contributed by atoms with Crippen LogP contribution in [0.1, 0.15) is 12.0 Å². The van der Waals surface area contributed by atoms with Crippen molar-refractivity contribution in [1.29, 1.82) is 0 Å². The number of nitrogens with one attached hydrogen (secondary N) is 1. The number of methoxy groups -OCH3 is 1. The first-order valence-corrected chi connectivity index (χ1v) is 5.67. The second-order valence-electron chi connectivity index (χ2n) is 3.70. The van der Waals surface area contributed by atoms with Gasteiger partial charge in [0.05, 0.1) is 12.8 Å². The lowest BCUT2D eigenvalue weighted by atomic mass is 10.1. The van der Waals surface area contributed by atoms with Gasteiger partial charge < -0.3 is 20.9 Å². The number of aliphatic hydroxyl groups is 1. The first kappa shape index (κ1) is 14.1. The highest BCUT2D eigenvalue weighted by Crippen LogP contribution is 2.22. The summed E-state index contributed by atoms with van der Waals surface area (Å²) in [5.41, 5.74) is 7.10. The van der Waals surface area contributed by atoms with Crippen LogP contribution in [-0.4, -0.2) is 31.3 Å². The summed E-state index contributed by atoms with van der Waals surface area (Å²) in [4.78, 5) is 11.4. The number of aliphatic hydroxyl groups excluding tert-OH is 1. The third-order valence-electron chi connectivity index (χ3n) is 2.32. The number of anilines is 1. The third kappa shape index (κ3) is 4.47. The zero-order valence-corrected chi connectivity index (χ0v) is 10.3. The van der Waals surface area contributed by atoms with E-state index in [1.54, 1.807) is 25.3 Å². The predicted octanol–water partition coefficient (Wildman–Crippen LogP) is 0.789. The van der Waals surface area contributed by atoms with Gasteiger partial charge in [-0.3, -0.25) is 4.79 Å². The van der Waals surface area contributed by atoms with E-state index in [1.807, 2.05) is 6.07 Å². The van der Waals surface area contributed by atoms with Gasteiger partial charge in [0.15, 0.2) is 0 Å². The average molecular weight is 250 g/mol. The lowest BCUT2D eigenvalue weighted by molar-refractivity contribution is -0.116. The highest BCUT2D eigenvalue weighted by molar-refractivity contribution is 5.91. The fourth-order valence-electron chi connectivity index (χ4n) is 1.38. The van der Waals surface area contributed by atoms with Gasteiger partial charge in [-0.1, -0.05) is 6.07 Å². The molecule has 0 heterocycles. The highest BCUT2D eigenvalue weighted by atomic mass is 16.5. The molecule has 0 aliphatic rings. The molecule has 4 N–H and O–H groups in total. The number of carbonyl (C=O) groups excluding carboxylic acids is 1. The van der Waals surface area contributed by atoms with Gasteiger partial charge in [0.2, 0.25) is 5.91 Å². The van der Waals surface area contributed by atoms with Crippen LogP contribution < -0.4 is 15.8 Å². The maximum absolute atomic E-state index is 11.4. The summed E-state index contributed by atoms with van der Waals surface area (Å²) in [7, 11) is 1.55. The summed E-state index contributed by atoms with van der Waals surface area (Å²) in [6, 6.07) is 5.29. The molecule has 0 bridgehead atoms. The Bertz CT molecular complexity index is 430. The Balaban J connectivity index is 2.56. The molecule has 98 valence electrons. The van der Waals surface area contributed by atoms with Crippen LogP contribution in [-0.2, 0) is 4.79 Å². The molecule has 0 saturated heterocycles. The molecule has 5 heteroatoms. The number of amides is 1. The molecule has 0 saturated carbocycles. The van der Waals surface area contributed by atoms with Gasteiger partial charge >= 0.3 is 0 Å². The Labute approximate surface area is 106 Å². The minimum atomic E-state index is -0.196. The Hall–Kier alpha value is -2.01. The van der Waals surface area contributed by atoms with Crippen LogP contribution in [0, 0.1) is 0 Å². The van der Waals surface area contributed by atoms with E-state index in [2.05, 4.69) is 5.32 Å². The minimum Gasteiger partial charge on any atom is -0.495 e. The molecule has 0 fully saturated rings. The summed E-state index contributed by atoms with van der Waals surface area (Å²) in [5.74, 6) is 0.414. The first-order valence-electron chi connectivity index (χ1n) is 5.67. The number of nitrogen functional groups attached to an aromatic ring is 1. The second kappa shape index (κ2) is 7.34. The van der Waals surface area contributed by atoms with Gasteiger partial charge in [0.25, 0.3) is 0 Å². The minimum absolute atomic E-state index is 0.0685. The Morgan fingerprint density at radius 2 is 2.33 bits per heavy atom. The molecule has 0 aromatic heterocycles. The molecule has 18 heavy (non-hydrogen) atoms. The number of ether oxygens (including phenoxy) is 1. The highest BCUT2D eigenvalue weighted by Gasteiger charge is 1.99. The van der Waals surface area contributed by atoms with E-state index in [9.17, 15) is 4.79 Å². The summed E-state index contributed by atoms with van der Waals surface area (Å²) >= 11 is 0. The third-order valence-corrected chi connectivity index (χ3v) is 2.32. The molecule has 0 unspecified atom stereocenters. The van der Waals surface area contributed by atoms with Gasteiger partial charge in [0, 0.05) is 19.2 Å². The molecule has 0 aliphatic carbocycles. The molecule has 1 rings (SSSR count). The number of nitrogens with two attached hydrogens (primary N) is 1. The zero-order chi connectivity index (χ0) is 13.4. The maximum atomic E-state index is 11.4. The average Bonchev–Trinajstić information content (AvgIpc) is 2.37. The van der Waals surface area contributed by atoms with Crippen LogP contribution in [0.25, 0.3) is 6.08 Å². The molecule has 0 spiro atoms. The number of hydrogen-bond donors (Lipinski definition) is 3. The van der Waals surface area contributed by atoms with Crippen molar-refractivity contribution in [3.8, 4) is 5.75 Å². The topological polar surface area (TPSA) is 84.6 Å². The van der Waals surface area contributed by atoms with Crippen LogP contribution in [0.4, 0.5) is 5.69 Å². The van der Waals surface area contributed by atoms with E-state index >= 15 is 0 Å². The van der Waals surface area contributed by atoms with Crippen molar-refractivity contribution in [2.75, 3.05) is 26.0 Å². The van der Waals surface area contributed by atoms with Crippen LogP contribution >= 0.6 is 0 Å². The molecular weight excluding hydrogens is 232 g/mol. The largest absolute Gasteiger partial charge is 0.495 e. The SMILES string of the molecule is COc1ccc(/C=C\C(=O)NCCCO)cc1N. The molecule has 1 aromatic rings. The molecule has 5 nitrogen and oxygen atoms in total. The van der Waals surface area contributed by atoms with E-state index in [4.69, 9.17) is 15.6 Å². The standard InChI is InChI=1S/C13H18N2O3/c1-18-12-5-3-10(9-11(12)14)4-6-13(17)15-7-2-8-16/h3-6,9,16H,2,7-8,14H2,1H3,(H,15,17)/b6-4-. The quantitative estimate of drug-likeness (QED) is 0.396. The lowest BCUT2D eigenvalue weighted by Gasteiger charge is -2.04. The van der Waals surface area contributed by atoms with E-state index in [1.165, 1.54) is 6.08 Å². The maximum Gasteiger partial charge on any atom is 0.244 e. The van der Waals surface area contributed by atoms with Gasteiger partial charge in [-0.15, -0.1) is 0 Å². The summed E-state index contributed by atoms with van der Waals surface area (Å²) in [6.45, 7) is 0.531. The van der Waals surface area contributed by atoms with Crippen molar-refractivity contribution >= 4 is 17.7 Å². The van der Waals surface area contributed by atoms with E-state index in [0.29, 0.717) is 24.4 Å². The molecule has 0 aliphatic heterocycles. The number of benzene rings is 1. The summed E-state index contributed by atoms with van der Waals surface area (Å²) in [6.07, 6.45) is 3.65. The molecule has 0 atom stereocenters. The Morgan fingerprint density at radius 1 is 1.56 bits per heavy atom. The van der Waals surface area contributed by atoms with Crippen LogP contribution in [0.15, 0.2) is 24.3 Å².